The van der Waals surface area contributed by atoms with E-state index >= 15 is 0 Å². The smallest absolute Gasteiger partial charge is 0.407 e. The van der Waals surface area contributed by atoms with Gasteiger partial charge < -0.3 is 15.4 Å². The molecule has 0 bridgehead atoms. The van der Waals surface area contributed by atoms with Crippen molar-refractivity contribution in [1.29, 1.82) is 0 Å². The maximum Gasteiger partial charge on any atom is 0.407 e. The van der Waals surface area contributed by atoms with Crippen LogP contribution >= 0.6 is 0 Å². The predicted octanol–water partition coefficient (Wildman–Crippen LogP) is 2.75. The SMILES string of the molecule is CC(C)(C)OC(=O)NCCNC(=O)C1(c2ccccc2)CCC1. The molecule has 2 amide bonds. The lowest BCUT2D eigenvalue weighted by Crippen LogP contribution is -2.50. The summed E-state index contributed by atoms with van der Waals surface area (Å²) in [6.07, 6.45) is 2.36. The van der Waals surface area contributed by atoms with Crippen molar-refractivity contribution in [2.75, 3.05) is 13.1 Å². The third kappa shape index (κ3) is 4.47. The molecule has 2 N–H and O–H groups in total. The summed E-state index contributed by atoms with van der Waals surface area (Å²) in [6, 6.07) is 9.91. The van der Waals surface area contributed by atoms with Crippen LogP contribution in [0, 0.1) is 0 Å². The Kier molecular flexibility index (Phi) is 5.29. The molecule has 5 heteroatoms. The van der Waals surface area contributed by atoms with Gasteiger partial charge in [0.15, 0.2) is 0 Å². The van der Waals surface area contributed by atoms with Crippen LogP contribution in [0.3, 0.4) is 0 Å². The Hall–Kier alpha value is -2.04. The maximum absolute atomic E-state index is 12.6. The minimum atomic E-state index is -0.517. The average molecular weight is 318 g/mol. The highest BCUT2D eigenvalue weighted by Crippen LogP contribution is 2.43. The zero-order chi connectivity index (χ0) is 16.9. The van der Waals surface area contributed by atoms with Crippen LogP contribution in [0.1, 0.15) is 45.6 Å². The van der Waals surface area contributed by atoms with Gasteiger partial charge in [0, 0.05) is 13.1 Å². The van der Waals surface area contributed by atoms with Crippen LogP contribution in [-0.4, -0.2) is 30.7 Å². The van der Waals surface area contributed by atoms with E-state index < -0.39 is 17.1 Å². The Morgan fingerprint density at radius 1 is 1.09 bits per heavy atom. The summed E-state index contributed by atoms with van der Waals surface area (Å²) in [7, 11) is 0. The molecule has 1 aliphatic rings. The van der Waals surface area contributed by atoms with Gasteiger partial charge in [-0.05, 0) is 39.2 Å². The third-order valence-electron chi connectivity index (χ3n) is 4.05. The number of benzene rings is 1. The molecule has 1 aromatic carbocycles. The fraction of sp³-hybridized carbons (Fsp3) is 0.556. The molecule has 23 heavy (non-hydrogen) atoms. The highest BCUT2D eigenvalue weighted by atomic mass is 16.6. The van der Waals surface area contributed by atoms with Crippen LogP contribution < -0.4 is 10.6 Å². The third-order valence-corrected chi connectivity index (χ3v) is 4.05. The van der Waals surface area contributed by atoms with E-state index in [-0.39, 0.29) is 5.91 Å². The van der Waals surface area contributed by atoms with Crippen molar-refractivity contribution in [3.05, 3.63) is 35.9 Å². The molecule has 1 aromatic rings. The van der Waals surface area contributed by atoms with Gasteiger partial charge in [-0.1, -0.05) is 36.8 Å². The van der Waals surface area contributed by atoms with Crippen molar-refractivity contribution >= 4 is 12.0 Å². The molecule has 1 fully saturated rings. The standard InChI is InChI=1S/C18H26N2O3/c1-17(2,3)23-16(22)20-13-12-19-15(21)18(10-7-11-18)14-8-5-4-6-9-14/h4-6,8-9H,7,10-13H2,1-3H3,(H,19,21)(H,20,22). The Labute approximate surface area is 137 Å². The molecule has 0 radical (unpaired) electrons. The predicted molar refractivity (Wildman–Crippen MR) is 89.2 cm³/mol. The van der Waals surface area contributed by atoms with Crippen molar-refractivity contribution in [1.82, 2.24) is 10.6 Å². The number of amides is 2. The van der Waals surface area contributed by atoms with Gasteiger partial charge in [0.05, 0.1) is 5.41 Å². The fourth-order valence-electron chi connectivity index (χ4n) is 2.76. The normalized spacial score (nSPS) is 16.1. The quantitative estimate of drug-likeness (QED) is 0.820. The van der Waals surface area contributed by atoms with Crippen LogP contribution in [0.2, 0.25) is 0 Å². The van der Waals surface area contributed by atoms with Crippen LogP contribution in [0.4, 0.5) is 4.79 Å². The van der Waals surface area contributed by atoms with E-state index in [1.54, 1.807) is 0 Å². The Morgan fingerprint density at radius 3 is 2.22 bits per heavy atom. The number of alkyl carbamates (subject to hydrolysis) is 1. The Balaban J connectivity index is 1.80. The molecule has 0 aromatic heterocycles. The zero-order valence-corrected chi connectivity index (χ0v) is 14.1. The van der Waals surface area contributed by atoms with Crippen LogP contribution in [0.15, 0.2) is 30.3 Å². The van der Waals surface area contributed by atoms with Gasteiger partial charge in [-0.15, -0.1) is 0 Å². The van der Waals surface area contributed by atoms with Gasteiger partial charge in [-0.3, -0.25) is 4.79 Å². The van der Waals surface area contributed by atoms with Gasteiger partial charge in [0.1, 0.15) is 5.60 Å². The van der Waals surface area contributed by atoms with Crippen molar-refractivity contribution in [2.24, 2.45) is 0 Å². The second kappa shape index (κ2) is 7.02. The molecule has 2 rings (SSSR count). The molecule has 0 saturated heterocycles. The fourth-order valence-corrected chi connectivity index (χ4v) is 2.76. The summed E-state index contributed by atoms with van der Waals surface area (Å²) >= 11 is 0. The van der Waals surface area contributed by atoms with Gasteiger partial charge in [0.2, 0.25) is 5.91 Å². The van der Waals surface area contributed by atoms with Crippen molar-refractivity contribution in [3.63, 3.8) is 0 Å². The van der Waals surface area contributed by atoms with E-state index in [2.05, 4.69) is 10.6 Å². The van der Waals surface area contributed by atoms with Crippen LogP contribution in [0.5, 0.6) is 0 Å². The number of carbonyl (C=O) groups is 2. The van der Waals surface area contributed by atoms with Gasteiger partial charge >= 0.3 is 6.09 Å². The lowest BCUT2D eigenvalue weighted by Gasteiger charge is -2.40. The van der Waals surface area contributed by atoms with Gasteiger partial charge in [-0.2, -0.15) is 0 Å². The molecule has 0 unspecified atom stereocenters. The number of nitrogens with one attached hydrogen (secondary N) is 2. The highest BCUT2D eigenvalue weighted by Gasteiger charge is 2.45. The molecular formula is C18H26N2O3. The maximum atomic E-state index is 12.6. The molecule has 126 valence electrons. The average Bonchev–Trinajstić information content (AvgIpc) is 2.42. The molecule has 0 aliphatic heterocycles. The number of hydrogen-bond donors (Lipinski definition) is 2. The topological polar surface area (TPSA) is 67.4 Å². The number of carbonyl (C=O) groups excluding carboxylic acids is 2. The van der Waals surface area contributed by atoms with Crippen molar-refractivity contribution < 1.29 is 14.3 Å². The van der Waals surface area contributed by atoms with E-state index in [1.807, 2.05) is 51.1 Å². The minimum Gasteiger partial charge on any atom is -0.444 e. The summed E-state index contributed by atoms with van der Waals surface area (Å²) in [6.45, 7) is 6.19. The largest absolute Gasteiger partial charge is 0.444 e. The number of hydrogen-bond acceptors (Lipinski definition) is 3. The van der Waals surface area contributed by atoms with E-state index in [1.165, 1.54) is 0 Å². The van der Waals surface area contributed by atoms with Crippen molar-refractivity contribution in [2.45, 2.75) is 51.0 Å². The first-order valence-corrected chi connectivity index (χ1v) is 8.14. The van der Waals surface area contributed by atoms with Gasteiger partial charge in [0.25, 0.3) is 0 Å². The van der Waals surface area contributed by atoms with E-state index in [9.17, 15) is 9.59 Å². The first-order valence-electron chi connectivity index (χ1n) is 8.14. The summed E-state index contributed by atoms with van der Waals surface area (Å²) in [5, 5.41) is 5.58. The molecule has 0 heterocycles. The molecule has 0 spiro atoms. The van der Waals surface area contributed by atoms with Crippen LogP contribution in [-0.2, 0) is 14.9 Å². The van der Waals surface area contributed by atoms with Gasteiger partial charge in [-0.25, -0.2) is 4.79 Å². The summed E-state index contributed by atoms with van der Waals surface area (Å²) in [5.41, 5.74) is 0.160. The molecular weight excluding hydrogens is 292 g/mol. The highest BCUT2D eigenvalue weighted by molar-refractivity contribution is 5.89. The molecule has 1 saturated carbocycles. The number of ether oxygens (including phenoxy) is 1. The second-order valence-electron chi connectivity index (χ2n) is 6.99. The summed E-state index contributed by atoms with van der Waals surface area (Å²) in [4.78, 5) is 24.1. The lowest BCUT2D eigenvalue weighted by molar-refractivity contribution is -0.129. The Bertz CT molecular complexity index is 545. The van der Waals surface area contributed by atoms with Crippen molar-refractivity contribution in [3.8, 4) is 0 Å². The molecule has 1 aliphatic carbocycles. The minimum absolute atomic E-state index is 0.0425. The summed E-state index contributed by atoms with van der Waals surface area (Å²) < 4.78 is 5.15. The zero-order valence-electron chi connectivity index (χ0n) is 14.1. The van der Waals surface area contributed by atoms with E-state index in [0.29, 0.717) is 13.1 Å². The molecule has 5 nitrogen and oxygen atoms in total. The first-order chi connectivity index (χ1) is 10.8. The second-order valence-corrected chi connectivity index (χ2v) is 6.99. The first kappa shape index (κ1) is 17.3. The monoisotopic (exact) mass is 318 g/mol. The van der Waals surface area contributed by atoms with E-state index in [4.69, 9.17) is 4.74 Å². The molecule has 0 atom stereocenters. The summed E-state index contributed by atoms with van der Waals surface area (Å²) in [5.74, 6) is 0.0425. The lowest BCUT2D eigenvalue weighted by atomic mass is 9.64. The van der Waals surface area contributed by atoms with E-state index in [0.717, 1.165) is 24.8 Å². The van der Waals surface area contributed by atoms with Crippen LogP contribution in [0.25, 0.3) is 0 Å². The number of rotatable bonds is 5. The Morgan fingerprint density at radius 2 is 1.70 bits per heavy atom.